The molecule has 2 aromatic carbocycles. The van der Waals surface area contributed by atoms with Crippen LogP contribution in [-0.4, -0.2) is 24.3 Å². The van der Waals surface area contributed by atoms with Crippen LogP contribution < -0.4 is 9.47 Å². The van der Waals surface area contributed by atoms with Crippen LogP contribution in [0.15, 0.2) is 52.9 Å². The van der Waals surface area contributed by atoms with Crippen LogP contribution >= 0.6 is 0 Å². The molecule has 0 aliphatic heterocycles. The molecule has 0 unspecified atom stereocenters. The van der Waals surface area contributed by atoms with Crippen LogP contribution in [-0.2, 0) is 0 Å². The number of nitrogens with zero attached hydrogens (tertiary/aromatic N) is 1. The number of aromatic hydroxyl groups is 1. The van der Waals surface area contributed by atoms with E-state index >= 15 is 0 Å². The Bertz CT molecular complexity index is 760. The third-order valence-corrected chi connectivity index (χ3v) is 3.28. The van der Waals surface area contributed by atoms with Crippen molar-refractivity contribution in [1.82, 2.24) is 4.98 Å². The molecule has 5 nitrogen and oxygen atoms in total. The van der Waals surface area contributed by atoms with Crippen molar-refractivity contribution in [3.63, 3.8) is 0 Å². The van der Waals surface area contributed by atoms with Crippen LogP contribution in [0.3, 0.4) is 0 Å². The molecule has 1 heterocycles. The van der Waals surface area contributed by atoms with E-state index in [0.29, 0.717) is 11.5 Å². The van der Waals surface area contributed by atoms with Crippen molar-refractivity contribution in [1.29, 1.82) is 0 Å². The van der Waals surface area contributed by atoms with Crippen molar-refractivity contribution in [2.24, 2.45) is 0 Å². The van der Waals surface area contributed by atoms with Gasteiger partial charge in [0.15, 0.2) is 5.76 Å². The van der Waals surface area contributed by atoms with E-state index in [1.807, 2.05) is 24.3 Å². The molecule has 0 saturated carbocycles. The monoisotopic (exact) mass is 297 g/mol. The summed E-state index contributed by atoms with van der Waals surface area (Å²) < 4.78 is 15.9. The third kappa shape index (κ3) is 2.61. The molecule has 0 aliphatic rings. The first-order valence-electron chi connectivity index (χ1n) is 6.70. The summed E-state index contributed by atoms with van der Waals surface area (Å²) in [5.41, 5.74) is 2.36. The fraction of sp³-hybridized carbons (Fsp3) is 0.118. The number of ether oxygens (including phenoxy) is 2. The second kappa shape index (κ2) is 5.81. The Kier molecular flexibility index (Phi) is 3.70. The number of rotatable bonds is 4. The number of oxazole rings is 1. The number of hydrogen-bond acceptors (Lipinski definition) is 5. The average molecular weight is 297 g/mol. The number of phenols is 1. The van der Waals surface area contributed by atoms with Crippen LogP contribution in [0.5, 0.6) is 17.6 Å². The van der Waals surface area contributed by atoms with Gasteiger partial charge in [0.05, 0.1) is 14.2 Å². The number of hydrogen-bond donors (Lipinski definition) is 1. The Labute approximate surface area is 127 Å². The predicted octanol–water partition coefficient (Wildman–Crippen LogP) is 3.73. The summed E-state index contributed by atoms with van der Waals surface area (Å²) in [6.45, 7) is 0. The number of benzene rings is 2. The van der Waals surface area contributed by atoms with E-state index < -0.39 is 0 Å². The lowest BCUT2D eigenvalue weighted by molar-refractivity contribution is 0.293. The molecule has 0 saturated heterocycles. The number of methoxy groups -OCH3 is 2. The van der Waals surface area contributed by atoms with Crippen molar-refractivity contribution >= 4 is 0 Å². The normalized spacial score (nSPS) is 10.5. The second-order valence-corrected chi connectivity index (χ2v) is 4.64. The maximum Gasteiger partial charge on any atom is 0.394 e. The van der Waals surface area contributed by atoms with Gasteiger partial charge in [-0.25, -0.2) is 0 Å². The van der Waals surface area contributed by atoms with Gasteiger partial charge in [0.2, 0.25) is 0 Å². The minimum absolute atomic E-state index is 0.189. The molecule has 0 aliphatic carbocycles. The van der Waals surface area contributed by atoms with Crippen molar-refractivity contribution in [3.05, 3.63) is 48.5 Å². The fourth-order valence-electron chi connectivity index (χ4n) is 2.14. The molecule has 0 fully saturated rings. The molecule has 0 amide bonds. The number of phenolic OH excluding ortho intramolecular Hbond substituents is 1. The molecule has 3 rings (SSSR count). The molecular weight excluding hydrogens is 282 g/mol. The Balaban J connectivity index is 2.09. The zero-order chi connectivity index (χ0) is 15.5. The van der Waals surface area contributed by atoms with Gasteiger partial charge in [0, 0.05) is 11.1 Å². The van der Waals surface area contributed by atoms with Crippen LogP contribution in [0.2, 0.25) is 0 Å². The average Bonchev–Trinajstić information content (AvgIpc) is 3.00. The standard InChI is InChI=1S/C17H15NO4/c1-20-14-9-5-11(6-10-14)15-16(22-17(18-15)21-2)12-3-7-13(19)8-4-12/h3-10,19H,1-2H3. The fourth-order valence-corrected chi connectivity index (χ4v) is 2.14. The highest BCUT2D eigenvalue weighted by atomic mass is 16.6. The molecule has 22 heavy (non-hydrogen) atoms. The van der Waals surface area contributed by atoms with Crippen molar-refractivity contribution in [2.75, 3.05) is 14.2 Å². The highest BCUT2D eigenvalue weighted by molar-refractivity contribution is 5.77. The van der Waals surface area contributed by atoms with Gasteiger partial charge in [0.1, 0.15) is 17.2 Å². The summed E-state index contributed by atoms with van der Waals surface area (Å²) >= 11 is 0. The summed E-state index contributed by atoms with van der Waals surface area (Å²) in [6.07, 6.45) is 0.189. The zero-order valence-electron chi connectivity index (χ0n) is 12.2. The Morgan fingerprint density at radius 3 is 2.09 bits per heavy atom. The van der Waals surface area contributed by atoms with Crippen LogP contribution in [0, 0.1) is 0 Å². The van der Waals surface area contributed by atoms with Gasteiger partial charge in [-0.15, -0.1) is 0 Å². The van der Waals surface area contributed by atoms with Gasteiger partial charge in [0.25, 0.3) is 0 Å². The summed E-state index contributed by atoms with van der Waals surface area (Å²) in [5.74, 6) is 1.55. The topological polar surface area (TPSA) is 64.7 Å². The maximum atomic E-state index is 9.41. The molecule has 0 bridgehead atoms. The van der Waals surface area contributed by atoms with E-state index in [1.54, 1.807) is 31.4 Å². The van der Waals surface area contributed by atoms with Gasteiger partial charge < -0.3 is 19.0 Å². The van der Waals surface area contributed by atoms with Gasteiger partial charge in [-0.1, -0.05) is 0 Å². The summed E-state index contributed by atoms with van der Waals surface area (Å²) in [6, 6.07) is 14.3. The summed E-state index contributed by atoms with van der Waals surface area (Å²) in [5, 5.41) is 9.41. The minimum atomic E-state index is 0.189. The van der Waals surface area contributed by atoms with E-state index in [0.717, 1.165) is 16.9 Å². The number of aromatic nitrogens is 1. The predicted molar refractivity (Wildman–Crippen MR) is 82.1 cm³/mol. The SMILES string of the molecule is COc1ccc(-c2nc(OC)oc2-c2ccc(O)cc2)cc1. The minimum Gasteiger partial charge on any atom is -0.508 e. The molecule has 0 radical (unpaired) electrons. The molecule has 3 aromatic rings. The van der Waals surface area contributed by atoms with E-state index in [9.17, 15) is 5.11 Å². The van der Waals surface area contributed by atoms with Crippen LogP contribution in [0.25, 0.3) is 22.6 Å². The molecule has 5 heteroatoms. The molecule has 1 aromatic heterocycles. The molecular formula is C17H15NO4. The smallest absolute Gasteiger partial charge is 0.394 e. The first-order valence-corrected chi connectivity index (χ1v) is 6.70. The van der Waals surface area contributed by atoms with E-state index in [-0.39, 0.29) is 11.8 Å². The second-order valence-electron chi connectivity index (χ2n) is 4.64. The lowest BCUT2D eigenvalue weighted by atomic mass is 10.1. The third-order valence-electron chi connectivity index (χ3n) is 3.28. The van der Waals surface area contributed by atoms with Crippen LogP contribution in [0.4, 0.5) is 0 Å². The molecule has 1 N–H and O–H groups in total. The molecule has 112 valence electrons. The van der Waals surface area contributed by atoms with Gasteiger partial charge in [-0.05, 0) is 48.5 Å². The van der Waals surface area contributed by atoms with Crippen molar-refractivity contribution in [3.8, 4) is 40.2 Å². The quantitative estimate of drug-likeness (QED) is 0.795. The van der Waals surface area contributed by atoms with Gasteiger partial charge >= 0.3 is 6.08 Å². The lowest BCUT2D eigenvalue weighted by Gasteiger charge is -2.03. The molecule has 0 atom stereocenters. The van der Waals surface area contributed by atoms with Gasteiger partial charge in [-0.3, -0.25) is 0 Å². The lowest BCUT2D eigenvalue weighted by Crippen LogP contribution is -1.85. The Hall–Kier alpha value is -2.95. The Morgan fingerprint density at radius 1 is 0.864 bits per heavy atom. The van der Waals surface area contributed by atoms with Gasteiger partial charge in [-0.2, -0.15) is 4.98 Å². The zero-order valence-corrected chi connectivity index (χ0v) is 12.2. The maximum absolute atomic E-state index is 9.41. The van der Waals surface area contributed by atoms with Crippen molar-refractivity contribution in [2.45, 2.75) is 0 Å². The van der Waals surface area contributed by atoms with E-state index in [2.05, 4.69) is 4.98 Å². The highest BCUT2D eigenvalue weighted by Gasteiger charge is 2.17. The Morgan fingerprint density at radius 2 is 1.50 bits per heavy atom. The summed E-state index contributed by atoms with van der Waals surface area (Å²) in [7, 11) is 3.13. The largest absolute Gasteiger partial charge is 0.508 e. The first-order chi connectivity index (χ1) is 10.7. The van der Waals surface area contributed by atoms with Crippen molar-refractivity contribution < 1.29 is 19.0 Å². The van der Waals surface area contributed by atoms with E-state index in [4.69, 9.17) is 13.9 Å². The highest BCUT2D eigenvalue weighted by Crippen LogP contribution is 2.36. The molecule has 0 spiro atoms. The summed E-state index contributed by atoms with van der Waals surface area (Å²) in [4.78, 5) is 4.36. The van der Waals surface area contributed by atoms with Crippen LogP contribution in [0.1, 0.15) is 0 Å². The first kappa shape index (κ1) is 14.0. The van der Waals surface area contributed by atoms with E-state index in [1.165, 1.54) is 7.11 Å².